The van der Waals surface area contributed by atoms with Crippen LogP contribution in [-0.2, 0) is 10.0 Å². The maximum atomic E-state index is 12.8. The fraction of sp³-hybridized carbons (Fsp3) is 0.0714. The number of hydrogen-bond donors (Lipinski definition) is 1. The molecule has 6 heteroatoms. The highest BCUT2D eigenvalue weighted by molar-refractivity contribution is 7.90. The van der Waals surface area contributed by atoms with Crippen LogP contribution in [0.4, 0.5) is 4.39 Å². The van der Waals surface area contributed by atoms with E-state index in [1.807, 2.05) is 6.07 Å². The van der Waals surface area contributed by atoms with E-state index in [-0.39, 0.29) is 10.7 Å². The molecule has 0 amide bonds. The van der Waals surface area contributed by atoms with Gasteiger partial charge in [0.1, 0.15) is 11.7 Å². The van der Waals surface area contributed by atoms with Crippen LogP contribution in [0.15, 0.2) is 64.5 Å². The first kappa shape index (κ1) is 14.2. The first-order valence-electron chi connectivity index (χ1n) is 5.83. The largest absolute Gasteiger partial charge is 0.271 e. The van der Waals surface area contributed by atoms with E-state index in [0.29, 0.717) is 5.56 Å². The van der Waals surface area contributed by atoms with Gasteiger partial charge in [-0.1, -0.05) is 30.3 Å². The van der Waals surface area contributed by atoms with Crippen LogP contribution in [0.1, 0.15) is 5.56 Å². The van der Waals surface area contributed by atoms with Crippen LogP contribution in [0.5, 0.6) is 0 Å². The Morgan fingerprint density at radius 3 is 2.20 bits per heavy atom. The van der Waals surface area contributed by atoms with E-state index in [1.54, 1.807) is 24.3 Å². The molecule has 0 spiro atoms. The van der Waals surface area contributed by atoms with Gasteiger partial charge in [-0.25, -0.2) is 12.8 Å². The first-order chi connectivity index (χ1) is 9.53. The van der Waals surface area contributed by atoms with Crippen LogP contribution in [0.3, 0.4) is 0 Å². The zero-order chi connectivity index (χ0) is 14.6. The lowest BCUT2D eigenvalue weighted by Crippen LogP contribution is -2.31. The Hall–Kier alpha value is -2.21. The van der Waals surface area contributed by atoms with Crippen LogP contribution < -0.4 is 4.72 Å². The lowest BCUT2D eigenvalue weighted by molar-refractivity contribution is 0.591. The third-order valence-electron chi connectivity index (χ3n) is 2.63. The van der Waals surface area contributed by atoms with E-state index in [9.17, 15) is 12.8 Å². The molecule has 0 bridgehead atoms. The molecule has 0 aliphatic heterocycles. The molecular weight excluding hydrogens is 279 g/mol. The maximum Gasteiger partial charge on any atom is 0.263 e. The van der Waals surface area contributed by atoms with Gasteiger partial charge in [0.15, 0.2) is 0 Å². The van der Waals surface area contributed by atoms with Crippen molar-refractivity contribution in [1.82, 2.24) is 4.72 Å². The summed E-state index contributed by atoms with van der Waals surface area (Å²) < 4.78 is 39.6. The topological polar surface area (TPSA) is 58.5 Å². The lowest BCUT2D eigenvalue weighted by atomic mass is 10.2. The van der Waals surface area contributed by atoms with Gasteiger partial charge < -0.3 is 0 Å². The zero-order valence-corrected chi connectivity index (χ0v) is 11.6. The van der Waals surface area contributed by atoms with E-state index in [4.69, 9.17) is 0 Å². The fourth-order valence-corrected chi connectivity index (χ4v) is 2.71. The van der Waals surface area contributed by atoms with Crippen molar-refractivity contribution < 1.29 is 12.8 Å². The third-order valence-corrected chi connectivity index (χ3v) is 3.98. The van der Waals surface area contributed by atoms with E-state index in [2.05, 4.69) is 9.71 Å². The van der Waals surface area contributed by atoms with Crippen molar-refractivity contribution >= 4 is 15.9 Å². The van der Waals surface area contributed by atoms with Gasteiger partial charge in [-0.15, -0.1) is 0 Å². The Kier molecular flexibility index (Phi) is 4.14. The second-order valence-electron chi connectivity index (χ2n) is 4.00. The first-order valence-corrected chi connectivity index (χ1v) is 7.32. The molecule has 0 heterocycles. The van der Waals surface area contributed by atoms with Crippen molar-refractivity contribution in [2.24, 2.45) is 4.99 Å². The summed E-state index contributed by atoms with van der Waals surface area (Å²) in [6.45, 7) is 0. The van der Waals surface area contributed by atoms with Gasteiger partial charge >= 0.3 is 0 Å². The number of nitrogens with zero attached hydrogens (tertiary/aromatic N) is 1. The number of hydrogen-bond acceptors (Lipinski definition) is 3. The van der Waals surface area contributed by atoms with Gasteiger partial charge in [-0.2, -0.15) is 0 Å². The second-order valence-corrected chi connectivity index (χ2v) is 5.68. The summed E-state index contributed by atoms with van der Waals surface area (Å²) in [5.41, 5.74) is 0.653. The Morgan fingerprint density at radius 2 is 1.65 bits per heavy atom. The maximum absolute atomic E-state index is 12.8. The molecule has 0 radical (unpaired) electrons. The second kappa shape index (κ2) is 5.83. The average Bonchev–Trinajstić information content (AvgIpc) is 2.46. The van der Waals surface area contributed by atoms with E-state index < -0.39 is 15.8 Å². The van der Waals surface area contributed by atoms with Crippen molar-refractivity contribution in [1.29, 1.82) is 0 Å². The van der Waals surface area contributed by atoms with Crippen molar-refractivity contribution in [2.75, 3.05) is 7.05 Å². The van der Waals surface area contributed by atoms with Gasteiger partial charge in [0.05, 0.1) is 4.90 Å². The molecule has 0 unspecified atom stereocenters. The van der Waals surface area contributed by atoms with E-state index >= 15 is 0 Å². The molecule has 0 saturated carbocycles. The molecule has 0 aromatic heterocycles. The highest BCUT2D eigenvalue weighted by atomic mass is 32.2. The molecule has 2 rings (SSSR count). The highest BCUT2D eigenvalue weighted by Crippen LogP contribution is 2.11. The summed E-state index contributed by atoms with van der Waals surface area (Å²) >= 11 is 0. The molecule has 4 nitrogen and oxygen atoms in total. The summed E-state index contributed by atoms with van der Waals surface area (Å²) in [6, 6.07) is 13.5. The van der Waals surface area contributed by atoms with E-state index in [1.165, 1.54) is 19.2 Å². The molecule has 0 aliphatic carbocycles. The molecule has 2 aromatic carbocycles. The van der Waals surface area contributed by atoms with Gasteiger partial charge in [-0.3, -0.25) is 9.71 Å². The summed E-state index contributed by atoms with van der Waals surface area (Å²) in [5, 5.41) is 0. The Labute approximate surface area is 117 Å². The van der Waals surface area contributed by atoms with Gasteiger partial charge in [-0.05, 0) is 24.3 Å². The minimum atomic E-state index is -3.78. The molecule has 2 aromatic rings. The van der Waals surface area contributed by atoms with Gasteiger partial charge in [0.25, 0.3) is 10.0 Å². The van der Waals surface area contributed by atoms with Crippen molar-refractivity contribution in [3.63, 3.8) is 0 Å². The minimum absolute atomic E-state index is 0.0176. The van der Waals surface area contributed by atoms with Gasteiger partial charge in [0, 0.05) is 12.6 Å². The molecule has 104 valence electrons. The molecule has 0 aliphatic rings. The predicted octanol–water partition coefficient (Wildman–Crippen LogP) is 2.18. The smallest absolute Gasteiger partial charge is 0.263 e. The molecule has 20 heavy (non-hydrogen) atoms. The van der Waals surface area contributed by atoms with Crippen LogP contribution in [-0.4, -0.2) is 21.3 Å². The fourth-order valence-electron chi connectivity index (χ4n) is 1.63. The molecule has 0 fully saturated rings. The number of nitrogens with one attached hydrogen (secondary N) is 1. The lowest BCUT2D eigenvalue weighted by Gasteiger charge is -2.10. The Morgan fingerprint density at radius 1 is 1.05 bits per heavy atom. The third kappa shape index (κ3) is 3.21. The number of benzene rings is 2. The molecule has 1 N–H and O–H groups in total. The summed E-state index contributed by atoms with van der Waals surface area (Å²) in [7, 11) is -2.29. The van der Waals surface area contributed by atoms with Crippen LogP contribution in [0, 0.1) is 5.82 Å². The SMILES string of the molecule is CN=C(NS(=O)(=O)c1ccc(F)cc1)c1ccccc1. The summed E-state index contributed by atoms with van der Waals surface area (Å²) in [4.78, 5) is 3.92. The number of amidine groups is 1. The monoisotopic (exact) mass is 292 g/mol. The van der Waals surface area contributed by atoms with Crippen LogP contribution >= 0.6 is 0 Å². The number of aliphatic imine (C=N–C) groups is 1. The van der Waals surface area contributed by atoms with Crippen molar-refractivity contribution in [3.8, 4) is 0 Å². The van der Waals surface area contributed by atoms with Gasteiger partial charge in [0.2, 0.25) is 0 Å². The van der Waals surface area contributed by atoms with Crippen LogP contribution in [0.2, 0.25) is 0 Å². The quantitative estimate of drug-likeness (QED) is 0.696. The van der Waals surface area contributed by atoms with Crippen molar-refractivity contribution in [3.05, 3.63) is 66.0 Å². The Bertz CT molecular complexity index is 711. The van der Waals surface area contributed by atoms with E-state index in [0.717, 1.165) is 12.1 Å². The van der Waals surface area contributed by atoms with Crippen LogP contribution in [0.25, 0.3) is 0 Å². The number of rotatable bonds is 3. The molecular formula is C14H13FN2O2S. The number of halogens is 1. The normalized spacial score (nSPS) is 12.2. The predicted molar refractivity (Wildman–Crippen MR) is 75.6 cm³/mol. The van der Waals surface area contributed by atoms with Crippen molar-refractivity contribution in [2.45, 2.75) is 4.90 Å². The highest BCUT2D eigenvalue weighted by Gasteiger charge is 2.16. The standard InChI is InChI=1S/C14H13FN2O2S/c1-16-14(11-5-3-2-4-6-11)17-20(18,19)13-9-7-12(15)8-10-13/h2-10H,1H3,(H,16,17). The average molecular weight is 292 g/mol. The summed E-state index contributed by atoms with van der Waals surface area (Å²) in [5.74, 6) is -0.258. The number of sulfonamides is 1. The minimum Gasteiger partial charge on any atom is -0.271 e. The zero-order valence-electron chi connectivity index (χ0n) is 10.7. The summed E-state index contributed by atoms with van der Waals surface area (Å²) in [6.07, 6.45) is 0. The molecule has 0 saturated heterocycles. The molecule has 0 atom stereocenters. The Balaban J connectivity index is 2.30.